The van der Waals surface area contributed by atoms with Crippen LogP contribution in [-0.2, 0) is 4.79 Å². The monoisotopic (exact) mass is 300 g/mol. The van der Waals surface area contributed by atoms with Crippen LogP contribution in [0.1, 0.15) is 42.7 Å². The summed E-state index contributed by atoms with van der Waals surface area (Å²) in [5.74, 6) is -0.655. The van der Waals surface area contributed by atoms with Gasteiger partial charge in [-0.25, -0.2) is 0 Å². The van der Waals surface area contributed by atoms with E-state index < -0.39 is 5.97 Å². The maximum Gasteiger partial charge on any atom is 0.303 e. The number of hydrogen-bond donors (Lipinski definition) is 3. The second-order valence-electron chi connectivity index (χ2n) is 5.40. The normalized spacial score (nSPS) is 13.5. The van der Waals surface area contributed by atoms with Crippen LogP contribution in [0.3, 0.4) is 0 Å². The third-order valence-electron chi connectivity index (χ3n) is 3.96. The first kappa shape index (κ1) is 15.9. The maximum atomic E-state index is 11.3. The summed E-state index contributed by atoms with van der Waals surface area (Å²) in [6.07, 6.45) is 0.799. The molecule has 4 heteroatoms. The fraction of sp³-hybridized carbons (Fsp3) is 0.278. The van der Waals surface area contributed by atoms with E-state index in [1.54, 1.807) is 36.4 Å². The maximum absolute atomic E-state index is 11.3. The van der Waals surface area contributed by atoms with Crippen molar-refractivity contribution in [2.75, 3.05) is 0 Å². The molecule has 2 rings (SSSR count). The largest absolute Gasteiger partial charge is 0.508 e. The van der Waals surface area contributed by atoms with Gasteiger partial charge in [0.05, 0.1) is 6.42 Å². The smallest absolute Gasteiger partial charge is 0.303 e. The Balaban J connectivity index is 2.39. The number of phenolic OH excluding ortho intramolecular Hbond substituents is 2. The molecule has 2 atom stereocenters. The van der Waals surface area contributed by atoms with E-state index in [1.165, 1.54) is 0 Å². The Hall–Kier alpha value is -2.49. The lowest BCUT2D eigenvalue weighted by atomic mass is 9.78. The van der Waals surface area contributed by atoms with Gasteiger partial charge >= 0.3 is 5.97 Å². The Labute approximate surface area is 129 Å². The van der Waals surface area contributed by atoms with Crippen molar-refractivity contribution in [1.29, 1.82) is 0 Å². The van der Waals surface area contributed by atoms with Gasteiger partial charge in [-0.15, -0.1) is 0 Å². The predicted octanol–water partition coefficient (Wildman–Crippen LogP) is 3.85. The molecule has 2 aromatic rings. The van der Waals surface area contributed by atoms with E-state index in [2.05, 4.69) is 0 Å². The molecule has 0 heterocycles. The lowest BCUT2D eigenvalue weighted by Gasteiger charge is -2.26. The van der Waals surface area contributed by atoms with Gasteiger partial charge in [-0.05, 0) is 47.7 Å². The number of carboxylic acids is 1. The van der Waals surface area contributed by atoms with E-state index >= 15 is 0 Å². The number of carbonyl (C=O) groups is 1. The first-order valence-corrected chi connectivity index (χ1v) is 7.31. The van der Waals surface area contributed by atoms with Gasteiger partial charge < -0.3 is 15.3 Å². The molecule has 0 spiro atoms. The molecule has 0 aliphatic carbocycles. The number of phenols is 2. The van der Waals surface area contributed by atoms with E-state index in [0.717, 1.165) is 17.5 Å². The van der Waals surface area contributed by atoms with E-state index in [4.69, 9.17) is 0 Å². The summed E-state index contributed by atoms with van der Waals surface area (Å²) in [5.41, 5.74) is 1.89. The molecule has 0 fully saturated rings. The molecule has 0 saturated carbocycles. The SMILES string of the molecule is CC[C@H](c1ccc(O)cc1)[C@@H](CC(=O)O)c1ccc(O)cc1. The summed E-state index contributed by atoms with van der Waals surface area (Å²) < 4.78 is 0. The Kier molecular flexibility index (Phi) is 5.04. The van der Waals surface area contributed by atoms with Crippen molar-refractivity contribution in [3.05, 3.63) is 59.7 Å². The standard InChI is InChI=1S/C18H20O4/c1-2-16(12-3-7-14(19)8-4-12)17(11-18(21)22)13-5-9-15(20)10-6-13/h3-10,16-17,19-20H,2,11H2,1H3,(H,21,22)/t16-,17+/m1/s1. The lowest BCUT2D eigenvalue weighted by Crippen LogP contribution is -2.15. The molecular weight excluding hydrogens is 280 g/mol. The van der Waals surface area contributed by atoms with Crippen molar-refractivity contribution in [2.45, 2.75) is 31.6 Å². The van der Waals surface area contributed by atoms with Crippen molar-refractivity contribution in [2.24, 2.45) is 0 Å². The molecule has 4 nitrogen and oxygen atoms in total. The van der Waals surface area contributed by atoms with Gasteiger partial charge in [0, 0.05) is 5.92 Å². The van der Waals surface area contributed by atoms with E-state index in [0.29, 0.717) is 0 Å². The van der Waals surface area contributed by atoms with Gasteiger partial charge in [0.15, 0.2) is 0 Å². The Bertz CT molecular complexity index is 617. The highest BCUT2D eigenvalue weighted by Crippen LogP contribution is 2.38. The minimum Gasteiger partial charge on any atom is -0.508 e. The second-order valence-corrected chi connectivity index (χ2v) is 5.40. The number of carboxylic acid groups (broad SMARTS) is 1. The predicted molar refractivity (Wildman–Crippen MR) is 84.2 cm³/mol. The molecule has 0 aliphatic rings. The summed E-state index contributed by atoms with van der Waals surface area (Å²) in [6.45, 7) is 2.02. The highest BCUT2D eigenvalue weighted by molar-refractivity contribution is 5.68. The molecule has 0 bridgehead atoms. The molecule has 0 aromatic heterocycles. The minimum absolute atomic E-state index is 0.0180. The topological polar surface area (TPSA) is 77.8 Å². The van der Waals surface area contributed by atoms with Crippen LogP contribution < -0.4 is 0 Å². The highest BCUT2D eigenvalue weighted by atomic mass is 16.4. The average Bonchev–Trinajstić information content (AvgIpc) is 2.49. The first-order valence-electron chi connectivity index (χ1n) is 7.31. The summed E-state index contributed by atoms with van der Waals surface area (Å²) >= 11 is 0. The number of benzene rings is 2. The molecule has 22 heavy (non-hydrogen) atoms. The molecule has 0 amide bonds. The van der Waals surface area contributed by atoms with Crippen molar-refractivity contribution in [3.63, 3.8) is 0 Å². The second kappa shape index (κ2) is 6.98. The fourth-order valence-electron chi connectivity index (χ4n) is 2.88. The number of hydrogen-bond acceptors (Lipinski definition) is 3. The third-order valence-corrected chi connectivity index (χ3v) is 3.96. The van der Waals surface area contributed by atoms with Gasteiger partial charge in [0.25, 0.3) is 0 Å². The quantitative estimate of drug-likeness (QED) is 0.757. The molecule has 0 saturated heterocycles. The third kappa shape index (κ3) is 3.79. The van der Waals surface area contributed by atoms with Crippen LogP contribution in [0.25, 0.3) is 0 Å². The fourth-order valence-corrected chi connectivity index (χ4v) is 2.88. The summed E-state index contributed by atoms with van der Waals surface area (Å²) in [5, 5.41) is 28.1. The zero-order valence-corrected chi connectivity index (χ0v) is 12.4. The first-order chi connectivity index (χ1) is 10.5. The van der Waals surface area contributed by atoms with Crippen LogP contribution in [0.15, 0.2) is 48.5 Å². The van der Waals surface area contributed by atoms with E-state index in [1.807, 2.05) is 19.1 Å². The van der Waals surface area contributed by atoms with E-state index in [-0.39, 0.29) is 29.8 Å². The van der Waals surface area contributed by atoms with Crippen LogP contribution in [0, 0.1) is 0 Å². The van der Waals surface area contributed by atoms with Crippen LogP contribution in [-0.4, -0.2) is 21.3 Å². The highest BCUT2D eigenvalue weighted by Gasteiger charge is 2.26. The van der Waals surface area contributed by atoms with Crippen LogP contribution in [0.4, 0.5) is 0 Å². The van der Waals surface area contributed by atoms with Crippen molar-refractivity contribution < 1.29 is 20.1 Å². The molecule has 3 N–H and O–H groups in total. The van der Waals surface area contributed by atoms with E-state index in [9.17, 15) is 20.1 Å². The van der Waals surface area contributed by atoms with Crippen molar-refractivity contribution in [1.82, 2.24) is 0 Å². The van der Waals surface area contributed by atoms with Gasteiger partial charge in [0.2, 0.25) is 0 Å². The molecule has 0 radical (unpaired) electrons. The van der Waals surface area contributed by atoms with Crippen molar-refractivity contribution >= 4 is 5.97 Å². The van der Waals surface area contributed by atoms with Crippen molar-refractivity contribution in [3.8, 4) is 11.5 Å². The van der Waals surface area contributed by atoms with Gasteiger partial charge in [-0.3, -0.25) is 4.79 Å². The summed E-state index contributed by atoms with van der Waals surface area (Å²) in [4.78, 5) is 11.3. The zero-order valence-electron chi connectivity index (χ0n) is 12.4. The zero-order chi connectivity index (χ0) is 16.1. The number of aliphatic carboxylic acids is 1. The Morgan fingerprint density at radius 3 is 1.64 bits per heavy atom. The number of rotatable bonds is 6. The van der Waals surface area contributed by atoms with Gasteiger partial charge in [-0.1, -0.05) is 31.2 Å². The Morgan fingerprint density at radius 1 is 0.864 bits per heavy atom. The molecule has 0 aliphatic heterocycles. The summed E-state index contributed by atoms with van der Waals surface area (Å²) in [6, 6.07) is 13.6. The molecule has 0 unspecified atom stereocenters. The lowest BCUT2D eigenvalue weighted by molar-refractivity contribution is -0.137. The minimum atomic E-state index is -0.852. The van der Waals surface area contributed by atoms with Crippen LogP contribution in [0.2, 0.25) is 0 Å². The van der Waals surface area contributed by atoms with Gasteiger partial charge in [0.1, 0.15) is 11.5 Å². The molecular formula is C18H20O4. The molecule has 2 aromatic carbocycles. The van der Waals surface area contributed by atoms with Crippen LogP contribution >= 0.6 is 0 Å². The number of aromatic hydroxyl groups is 2. The summed E-state index contributed by atoms with van der Waals surface area (Å²) in [7, 11) is 0. The molecule has 116 valence electrons. The Morgan fingerprint density at radius 2 is 1.27 bits per heavy atom. The average molecular weight is 300 g/mol. The van der Waals surface area contributed by atoms with Gasteiger partial charge in [-0.2, -0.15) is 0 Å². The van der Waals surface area contributed by atoms with Crippen LogP contribution in [0.5, 0.6) is 11.5 Å².